The number of carbonyl (C=O) groups excluding carboxylic acids is 1. The van der Waals surface area contributed by atoms with Crippen LogP contribution in [0.1, 0.15) is 0 Å². The summed E-state index contributed by atoms with van der Waals surface area (Å²) in [7, 11) is -3.93. The number of nitrogens with zero attached hydrogens (tertiary/aromatic N) is 1. The molecule has 3 rings (SSSR count). The Morgan fingerprint density at radius 2 is 1.95 bits per heavy atom. The Hall–Kier alpha value is -1.80. The summed E-state index contributed by atoms with van der Waals surface area (Å²) in [5.74, 6) is -0.821. The standard InChI is InChI=1S/C12H9BrN2O4S/c13-9-2-1-7-5-11(16)10(4-8(7)3-9)15-6-12(17)14-20(15,18)19/h1-5,16H,6H2,(H,14,17). The van der Waals surface area contributed by atoms with E-state index in [1.807, 2.05) is 10.8 Å². The molecule has 104 valence electrons. The maximum absolute atomic E-state index is 11.8. The fourth-order valence-corrected chi connectivity index (χ4v) is 3.64. The van der Waals surface area contributed by atoms with Crippen molar-refractivity contribution in [3.8, 4) is 5.75 Å². The van der Waals surface area contributed by atoms with E-state index in [9.17, 15) is 18.3 Å². The fraction of sp³-hybridized carbons (Fsp3) is 0.0833. The molecule has 0 spiro atoms. The average molecular weight is 357 g/mol. The van der Waals surface area contributed by atoms with Crippen LogP contribution >= 0.6 is 15.9 Å². The summed E-state index contributed by atoms with van der Waals surface area (Å²) in [6.07, 6.45) is 0. The predicted molar refractivity (Wildman–Crippen MR) is 77.7 cm³/mol. The highest BCUT2D eigenvalue weighted by Crippen LogP contribution is 2.35. The molecule has 6 nitrogen and oxygen atoms in total. The number of halogens is 1. The van der Waals surface area contributed by atoms with Crippen LogP contribution in [0.2, 0.25) is 0 Å². The Morgan fingerprint density at radius 1 is 1.20 bits per heavy atom. The van der Waals surface area contributed by atoms with Crippen molar-refractivity contribution in [3.05, 3.63) is 34.8 Å². The molecule has 1 aliphatic heterocycles. The Bertz CT molecular complexity index is 835. The molecule has 2 N–H and O–H groups in total. The Morgan fingerprint density at radius 3 is 2.60 bits per heavy atom. The van der Waals surface area contributed by atoms with Gasteiger partial charge in [-0.25, -0.2) is 9.03 Å². The van der Waals surface area contributed by atoms with E-state index in [2.05, 4.69) is 15.9 Å². The van der Waals surface area contributed by atoms with E-state index in [4.69, 9.17) is 0 Å². The van der Waals surface area contributed by atoms with Gasteiger partial charge in [-0.3, -0.25) is 4.79 Å². The predicted octanol–water partition coefficient (Wildman–Crippen LogP) is 1.49. The number of hydrogen-bond donors (Lipinski definition) is 2. The number of phenols is 1. The quantitative estimate of drug-likeness (QED) is 0.810. The third-order valence-electron chi connectivity index (χ3n) is 2.98. The monoisotopic (exact) mass is 356 g/mol. The molecule has 1 fully saturated rings. The number of nitrogens with one attached hydrogen (secondary N) is 1. The second-order valence-corrected chi connectivity index (χ2v) is 6.88. The van der Waals surface area contributed by atoms with Crippen molar-refractivity contribution in [2.75, 3.05) is 10.8 Å². The molecule has 1 heterocycles. The molecule has 0 bridgehead atoms. The summed E-state index contributed by atoms with van der Waals surface area (Å²) in [5, 5.41) is 11.5. The highest BCUT2D eigenvalue weighted by molar-refractivity contribution is 9.10. The number of amides is 1. The van der Waals surface area contributed by atoms with Crippen molar-refractivity contribution < 1.29 is 18.3 Å². The summed E-state index contributed by atoms with van der Waals surface area (Å²) in [4.78, 5) is 11.3. The van der Waals surface area contributed by atoms with Gasteiger partial charge in [0.2, 0.25) is 0 Å². The number of hydrogen-bond acceptors (Lipinski definition) is 4. The van der Waals surface area contributed by atoms with Gasteiger partial charge in [-0.2, -0.15) is 8.42 Å². The van der Waals surface area contributed by atoms with Crippen LogP contribution < -0.4 is 9.03 Å². The number of anilines is 1. The molecule has 1 amide bonds. The zero-order chi connectivity index (χ0) is 14.5. The Kier molecular flexibility index (Phi) is 2.87. The highest BCUT2D eigenvalue weighted by atomic mass is 79.9. The van der Waals surface area contributed by atoms with Crippen LogP contribution in [0.5, 0.6) is 5.75 Å². The first-order valence-electron chi connectivity index (χ1n) is 5.62. The maximum atomic E-state index is 11.8. The average Bonchev–Trinajstić information content (AvgIpc) is 2.62. The summed E-state index contributed by atoms with van der Waals surface area (Å²) < 4.78 is 27.2. The van der Waals surface area contributed by atoms with Gasteiger partial charge in [0.1, 0.15) is 12.3 Å². The van der Waals surface area contributed by atoms with Gasteiger partial charge < -0.3 is 5.11 Å². The first kappa shape index (κ1) is 13.2. The zero-order valence-corrected chi connectivity index (χ0v) is 12.4. The smallest absolute Gasteiger partial charge is 0.326 e. The van der Waals surface area contributed by atoms with Crippen LogP contribution in [0.3, 0.4) is 0 Å². The second kappa shape index (κ2) is 4.35. The van der Waals surface area contributed by atoms with Crippen LogP contribution in [0.15, 0.2) is 34.8 Å². The van der Waals surface area contributed by atoms with Crippen molar-refractivity contribution in [2.45, 2.75) is 0 Å². The van der Waals surface area contributed by atoms with E-state index in [1.54, 1.807) is 12.1 Å². The summed E-state index contributed by atoms with van der Waals surface area (Å²) in [5.41, 5.74) is 0.0777. The van der Waals surface area contributed by atoms with Crippen LogP contribution in [0.4, 0.5) is 5.69 Å². The van der Waals surface area contributed by atoms with Gasteiger partial charge in [0.05, 0.1) is 5.69 Å². The van der Waals surface area contributed by atoms with Crippen LogP contribution in [-0.2, 0) is 15.0 Å². The fourth-order valence-electron chi connectivity index (χ4n) is 2.11. The first-order chi connectivity index (χ1) is 9.37. The molecule has 0 atom stereocenters. The van der Waals surface area contributed by atoms with Crippen molar-refractivity contribution in [1.29, 1.82) is 0 Å². The minimum atomic E-state index is -3.93. The van der Waals surface area contributed by atoms with E-state index >= 15 is 0 Å². The molecule has 2 aromatic rings. The van der Waals surface area contributed by atoms with Gasteiger partial charge in [-0.15, -0.1) is 0 Å². The molecule has 0 aromatic heterocycles. The maximum Gasteiger partial charge on any atom is 0.326 e. The van der Waals surface area contributed by atoms with E-state index in [1.165, 1.54) is 12.1 Å². The van der Waals surface area contributed by atoms with Crippen molar-refractivity contribution in [3.63, 3.8) is 0 Å². The topological polar surface area (TPSA) is 86.7 Å². The SMILES string of the molecule is O=C1CN(c2cc3cc(Br)ccc3cc2O)S(=O)(=O)N1. The van der Waals surface area contributed by atoms with Gasteiger partial charge in [0.25, 0.3) is 5.91 Å². The number of rotatable bonds is 1. The first-order valence-corrected chi connectivity index (χ1v) is 7.86. The number of aromatic hydroxyl groups is 1. The third kappa shape index (κ3) is 2.10. The lowest BCUT2D eigenvalue weighted by Gasteiger charge is -2.16. The minimum absolute atomic E-state index is 0.0777. The van der Waals surface area contributed by atoms with Gasteiger partial charge in [0, 0.05) is 4.47 Å². The molecule has 20 heavy (non-hydrogen) atoms. The zero-order valence-electron chi connectivity index (χ0n) is 10.00. The van der Waals surface area contributed by atoms with Crippen molar-refractivity contribution in [1.82, 2.24) is 4.72 Å². The van der Waals surface area contributed by atoms with Gasteiger partial charge in [0.15, 0.2) is 0 Å². The van der Waals surface area contributed by atoms with E-state index < -0.39 is 16.1 Å². The lowest BCUT2D eigenvalue weighted by molar-refractivity contribution is -0.117. The Labute approximate surface area is 123 Å². The normalized spacial score (nSPS) is 17.4. The molecule has 0 radical (unpaired) electrons. The molecule has 8 heteroatoms. The van der Waals surface area contributed by atoms with Crippen LogP contribution in [0.25, 0.3) is 10.8 Å². The largest absolute Gasteiger partial charge is 0.506 e. The van der Waals surface area contributed by atoms with Crippen molar-refractivity contribution >= 4 is 48.5 Å². The minimum Gasteiger partial charge on any atom is -0.506 e. The van der Waals surface area contributed by atoms with Crippen molar-refractivity contribution in [2.24, 2.45) is 0 Å². The number of benzene rings is 2. The number of carbonyl (C=O) groups is 1. The second-order valence-electron chi connectivity index (χ2n) is 4.37. The molecule has 0 unspecified atom stereocenters. The number of phenolic OH excluding ortho intramolecular Hbond substituents is 1. The molecular weight excluding hydrogens is 348 g/mol. The lowest BCUT2D eigenvalue weighted by Crippen LogP contribution is -2.29. The molecular formula is C12H9BrN2O4S. The Balaban J connectivity index is 2.21. The summed E-state index contributed by atoms with van der Waals surface area (Å²) >= 11 is 3.33. The molecule has 2 aromatic carbocycles. The molecule has 1 saturated heterocycles. The number of fused-ring (bicyclic) bond motifs is 1. The molecule has 0 saturated carbocycles. The summed E-state index contributed by atoms with van der Waals surface area (Å²) in [6, 6.07) is 8.42. The molecule has 1 aliphatic rings. The molecule has 0 aliphatic carbocycles. The highest BCUT2D eigenvalue weighted by Gasteiger charge is 2.35. The third-order valence-corrected chi connectivity index (χ3v) is 4.87. The van der Waals surface area contributed by atoms with Gasteiger partial charge >= 0.3 is 10.2 Å². The van der Waals surface area contributed by atoms with E-state index in [0.717, 1.165) is 19.6 Å². The van der Waals surface area contributed by atoms with Crippen LogP contribution in [0, 0.1) is 0 Å². The van der Waals surface area contributed by atoms with E-state index in [-0.39, 0.29) is 18.0 Å². The van der Waals surface area contributed by atoms with E-state index in [0.29, 0.717) is 0 Å². The lowest BCUT2D eigenvalue weighted by atomic mass is 10.1. The van der Waals surface area contributed by atoms with Gasteiger partial charge in [-0.05, 0) is 35.0 Å². The van der Waals surface area contributed by atoms with Crippen LogP contribution in [-0.4, -0.2) is 26.0 Å². The summed E-state index contributed by atoms with van der Waals surface area (Å²) in [6.45, 7) is -0.338. The van der Waals surface area contributed by atoms with Gasteiger partial charge in [-0.1, -0.05) is 22.0 Å².